The zero-order chi connectivity index (χ0) is 17.0. The molecule has 0 amide bonds. The van der Waals surface area contributed by atoms with E-state index in [1.807, 2.05) is 0 Å². The van der Waals surface area contributed by atoms with E-state index in [2.05, 4.69) is 0 Å². The van der Waals surface area contributed by atoms with Gasteiger partial charge in [-0.1, -0.05) is 0 Å². The molecular formula is C6F13Sn. The number of hydrogen-bond acceptors (Lipinski definition) is 0. The molecule has 0 saturated heterocycles. The molecule has 0 heterocycles. The molecular weight excluding hydrogens is 438 g/mol. The van der Waals surface area contributed by atoms with Gasteiger partial charge in [-0.3, -0.25) is 0 Å². The molecule has 0 aromatic rings. The third kappa shape index (κ3) is 2.53. The monoisotopic (exact) mass is 439 g/mol. The van der Waals surface area contributed by atoms with Gasteiger partial charge in [0.15, 0.2) is 0 Å². The van der Waals surface area contributed by atoms with Crippen LogP contribution < -0.4 is 0 Å². The van der Waals surface area contributed by atoms with E-state index in [1.54, 1.807) is 0 Å². The van der Waals surface area contributed by atoms with Crippen molar-refractivity contribution in [2.24, 2.45) is 0 Å². The summed E-state index contributed by atoms with van der Waals surface area (Å²) in [4.78, 5) is 0. The molecule has 3 radical (unpaired) electrons. The third-order valence-electron chi connectivity index (χ3n) is 1.93. The van der Waals surface area contributed by atoms with E-state index >= 15 is 0 Å². The Labute approximate surface area is 114 Å². The molecule has 0 saturated carbocycles. The van der Waals surface area contributed by atoms with Crippen LogP contribution in [0.3, 0.4) is 0 Å². The average Bonchev–Trinajstić information content (AvgIpc) is 2.12. The van der Waals surface area contributed by atoms with E-state index in [-0.39, 0.29) is 0 Å². The topological polar surface area (TPSA) is 0 Å². The molecule has 0 aliphatic heterocycles. The summed E-state index contributed by atoms with van der Waals surface area (Å²) in [6.07, 6.45) is -7.35. The molecule has 0 N–H and O–H groups in total. The molecule has 0 aromatic heterocycles. The summed E-state index contributed by atoms with van der Waals surface area (Å²) in [5.41, 5.74) is 0. The van der Waals surface area contributed by atoms with Crippen molar-refractivity contribution in [1.82, 2.24) is 0 Å². The molecule has 119 valence electrons. The molecule has 0 bridgehead atoms. The van der Waals surface area contributed by atoms with Gasteiger partial charge in [0.2, 0.25) is 0 Å². The average molecular weight is 438 g/mol. The second-order valence-corrected chi connectivity index (χ2v) is 5.16. The molecule has 0 rings (SSSR count). The van der Waals surface area contributed by atoms with Gasteiger partial charge in [-0.15, -0.1) is 0 Å². The van der Waals surface area contributed by atoms with E-state index in [0.717, 1.165) is 0 Å². The van der Waals surface area contributed by atoms with Gasteiger partial charge in [0.25, 0.3) is 0 Å². The van der Waals surface area contributed by atoms with E-state index in [9.17, 15) is 57.1 Å². The maximum absolute atomic E-state index is 12.6. The Kier molecular flexibility index (Phi) is 4.67. The Balaban J connectivity index is 6.08. The Morgan fingerprint density at radius 3 is 0.850 bits per heavy atom. The molecule has 0 atom stereocenters. The number of hydrogen-bond donors (Lipinski definition) is 0. The number of rotatable bonds is 4. The predicted octanol–water partition coefficient (Wildman–Crippen LogP) is 3.85. The fourth-order valence-corrected chi connectivity index (χ4v) is 1.22. The van der Waals surface area contributed by atoms with Gasteiger partial charge in [-0.25, -0.2) is 0 Å². The first-order valence-electron chi connectivity index (χ1n) is 3.96. The molecule has 0 aromatic carbocycles. The van der Waals surface area contributed by atoms with Crippen molar-refractivity contribution in [3.63, 3.8) is 0 Å². The van der Waals surface area contributed by atoms with Gasteiger partial charge in [0, 0.05) is 0 Å². The van der Waals surface area contributed by atoms with Crippen molar-refractivity contribution >= 4 is 22.5 Å². The first-order valence-corrected chi connectivity index (χ1v) is 5.38. The van der Waals surface area contributed by atoms with Crippen LogP contribution in [-0.4, -0.2) is 56.3 Å². The van der Waals surface area contributed by atoms with Crippen molar-refractivity contribution < 1.29 is 57.1 Å². The van der Waals surface area contributed by atoms with Gasteiger partial charge < -0.3 is 0 Å². The summed E-state index contributed by atoms with van der Waals surface area (Å²) < 4.78 is 152. The standard InChI is InChI=1S/C6F13.Sn/c7-1(8)2(9,10)3(11,12)4(13,14)5(15,16)6(17,18)19;. The summed E-state index contributed by atoms with van der Waals surface area (Å²) in [5.74, 6) is -30.2. The van der Waals surface area contributed by atoms with Gasteiger partial charge in [-0.05, 0) is 0 Å². The fraction of sp³-hybridized carbons (Fsp3) is 1.00. The van der Waals surface area contributed by atoms with Crippen LogP contribution in [0.1, 0.15) is 0 Å². The molecule has 0 nitrogen and oxygen atoms in total. The summed E-state index contributed by atoms with van der Waals surface area (Å²) >= 11 is -1.79. The second kappa shape index (κ2) is 4.69. The zero-order valence-corrected chi connectivity index (χ0v) is 11.3. The van der Waals surface area contributed by atoms with Crippen molar-refractivity contribution in [2.75, 3.05) is 0 Å². The van der Waals surface area contributed by atoms with Crippen molar-refractivity contribution in [2.45, 2.75) is 33.8 Å². The van der Waals surface area contributed by atoms with Crippen LogP contribution in [0.5, 0.6) is 0 Å². The first-order chi connectivity index (χ1) is 8.25. The Morgan fingerprint density at radius 2 is 0.650 bits per heavy atom. The van der Waals surface area contributed by atoms with Crippen LogP contribution in [0.4, 0.5) is 57.1 Å². The van der Waals surface area contributed by atoms with Crippen LogP contribution in [-0.2, 0) is 0 Å². The minimum atomic E-state index is -7.79. The van der Waals surface area contributed by atoms with E-state index in [4.69, 9.17) is 0 Å². The quantitative estimate of drug-likeness (QED) is 0.463. The summed E-state index contributed by atoms with van der Waals surface area (Å²) in [6, 6.07) is 0. The summed E-state index contributed by atoms with van der Waals surface area (Å²) in [5, 5.41) is 0. The van der Waals surface area contributed by atoms with Crippen LogP contribution in [0, 0.1) is 0 Å². The first kappa shape index (κ1) is 19.9. The molecule has 0 spiro atoms. The van der Waals surface area contributed by atoms with E-state index in [1.165, 1.54) is 0 Å². The van der Waals surface area contributed by atoms with Crippen LogP contribution >= 0.6 is 0 Å². The van der Waals surface area contributed by atoms with Gasteiger partial charge >= 0.3 is 113 Å². The Bertz CT molecular complexity index is 324. The Hall–Kier alpha value is -0.111. The zero-order valence-electron chi connectivity index (χ0n) is 8.41. The number of alkyl halides is 13. The van der Waals surface area contributed by atoms with Crippen molar-refractivity contribution in [3.05, 3.63) is 0 Å². The van der Waals surface area contributed by atoms with Crippen molar-refractivity contribution in [1.29, 1.82) is 0 Å². The summed E-state index contributed by atoms with van der Waals surface area (Å²) in [6.45, 7) is 0. The summed E-state index contributed by atoms with van der Waals surface area (Å²) in [7, 11) is 0. The van der Waals surface area contributed by atoms with Crippen LogP contribution in [0.25, 0.3) is 0 Å². The van der Waals surface area contributed by atoms with Gasteiger partial charge in [0.1, 0.15) is 0 Å². The van der Waals surface area contributed by atoms with E-state index < -0.39 is 56.3 Å². The SMILES string of the molecule is FC(F)(F)C(F)(F)C(F)(F)C(F)(F)C(F)(F)[C](F)(F)[Sn]. The van der Waals surface area contributed by atoms with Gasteiger partial charge in [-0.2, -0.15) is 0 Å². The van der Waals surface area contributed by atoms with Crippen molar-refractivity contribution in [3.8, 4) is 0 Å². The maximum atomic E-state index is 12.6. The van der Waals surface area contributed by atoms with Gasteiger partial charge in [0.05, 0.1) is 0 Å². The van der Waals surface area contributed by atoms with Crippen LogP contribution in [0.15, 0.2) is 0 Å². The predicted molar refractivity (Wildman–Crippen MR) is 36.5 cm³/mol. The third-order valence-corrected chi connectivity index (χ3v) is 2.83. The molecule has 14 heteroatoms. The molecule has 20 heavy (non-hydrogen) atoms. The normalized spacial score (nSPS) is 16.5. The number of halogens is 13. The second-order valence-electron chi connectivity index (χ2n) is 3.37. The minimum absolute atomic E-state index is 1.79. The molecule has 0 fully saturated rings. The fourth-order valence-electron chi connectivity index (χ4n) is 0.770. The van der Waals surface area contributed by atoms with Crippen LogP contribution in [0.2, 0.25) is 0 Å². The Morgan fingerprint density at radius 1 is 0.400 bits per heavy atom. The van der Waals surface area contributed by atoms with E-state index in [0.29, 0.717) is 0 Å². The molecule has 0 unspecified atom stereocenters. The molecule has 0 aliphatic rings. The molecule has 0 aliphatic carbocycles.